The first kappa shape index (κ1) is 50.7. The van der Waals surface area contributed by atoms with Gasteiger partial charge in [0, 0.05) is 122 Å². The number of carbonyl (C=O) groups is 1. The fraction of sp³-hybridized carbons (Fsp3) is 0.386. The Kier molecular flexibility index (Phi) is 14.3. The van der Waals surface area contributed by atoms with E-state index in [1.807, 2.05) is 48.9 Å². The van der Waals surface area contributed by atoms with E-state index in [2.05, 4.69) is 59.2 Å². The van der Waals surface area contributed by atoms with Crippen LogP contribution in [0.5, 0.6) is 0 Å². The van der Waals surface area contributed by atoms with Gasteiger partial charge in [0.25, 0.3) is 0 Å². The lowest BCUT2D eigenvalue weighted by Gasteiger charge is -2.31. The number of H-pyrrole nitrogens is 2. The van der Waals surface area contributed by atoms with E-state index in [1.54, 1.807) is 6.07 Å². The van der Waals surface area contributed by atoms with Crippen molar-refractivity contribution in [3.63, 3.8) is 0 Å². The van der Waals surface area contributed by atoms with Gasteiger partial charge in [-0.2, -0.15) is 0 Å². The third-order valence-electron chi connectivity index (χ3n) is 15.3. The summed E-state index contributed by atoms with van der Waals surface area (Å²) in [5, 5.41) is 7.10. The van der Waals surface area contributed by atoms with Crippen LogP contribution in [-0.4, -0.2) is 154 Å². The molecule has 398 valence electrons. The predicted octanol–water partition coefficient (Wildman–Crippen LogP) is 8.88. The molecule has 8 aromatic heterocycles. The first-order valence-corrected chi connectivity index (χ1v) is 26.2. The van der Waals surface area contributed by atoms with E-state index in [0.29, 0.717) is 115 Å². The smallest absolute Gasteiger partial charge is 0.229 e. The van der Waals surface area contributed by atoms with E-state index in [1.165, 1.54) is 31.9 Å². The van der Waals surface area contributed by atoms with Gasteiger partial charge in [0.15, 0.2) is 40.7 Å². The van der Waals surface area contributed by atoms with Gasteiger partial charge in [-0.05, 0) is 67.6 Å². The molecule has 10 aromatic rings. The lowest BCUT2D eigenvalue weighted by atomic mass is 10.1. The maximum atomic E-state index is 11.3. The minimum absolute atomic E-state index is 0. The van der Waals surface area contributed by atoms with Gasteiger partial charge in [0.05, 0.1) is 61.6 Å². The molecule has 4 atom stereocenters. The maximum Gasteiger partial charge on any atom is 0.229 e. The Morgan fingerprint density at radius 1 is 0.597 bits per heavy atom. The lowest BCUT2D eigenvalue weighted by Crippen LogP contribution is -2.41. The molecule has 6 aliphatic rings. The van der Waals surface area contributed by atoms with Crippen LogP contribution in [0, 0.1) is 0 Å². The predicted molar refractivity (Wildman–Crippen MR) is 298 cm³/mol. The van der Waals surface area contributed by atoms with Crippen molar-refractivity contribution in [2.24, 2.45) is 0 Å². The number of morpholine rings is 4. The highest BCUT2D eigenvalue weighted by molar-refractivity contribution is 6.08. The summed E-state index contributed by atoms with van der Waals surface area (Å²) in [5.74, 6) is 2.82. The maximum absolute atomic E-state index is 11.3. The summed E-state index contributed by atoms with van der Waals surface area (Å²) < 4.78 is 35.1. The van der Waals surface area contributed by atoms with Crippen LogP contribution in [0.25, 0.3) is 89.0 Å². The first-order chi connectivity index (χ1) is 37.0. The summed E-state index contributed by atoms with van der Waals surface area (Å²) in [7, 11) is 0. The normalized spacial score (nSPS) is 21.2. The monoisotopic (exact) mass is 1060 g/mol. The van der Waals surface area contributed by atoms with Crippen LogP contribution in [-0.2, 0) is 25.5 Å². The number of furan rings is 2. The Morgan fingerprint density at radius 3 is 1.64 bits per heavy atom. The molecule has 19 nitrogen and oxygen atoms in total. The second-order valence-electron chi connectivity index (χ2n) is 20.2. The highest BCUT2D eigenvalue weighted by atomic mass is 35.5. The van der Waals surface area contributed by atoms with Crippen molar-refractivity contribution in [2.45, 2.75) is 64.1 Å². The highest BCUT2D eigenvalue weighted by Gasteiger charge is 2.34. The van der Waals surface area contributed by atoms with Crippen LogP contribution in [0.3, 0.4) is 0 Å². The molecule has 6 fully saturated rings. The van der Waals surface area contributed by atoms with E-state index in [0.717, 1.165) is 113 Å². The fourth-order valence-corrected chi connectivity index (χ4v) is 11.6. The number of halogens is 1. The van der Waals surface area contributed by atoms with Crippen LogP contribution in [0.15, 0.2) is 94.3 Å². The molecule has 0 spiro atoms. The number of hydrogen-bond donors (Lipinski definition) is 3. The van der Waals surface area contributed by atoms with Crippen molar-refractivity contribution in [1.29, 1.82) is 0 Å². The van der Waals surface area contributed by atoms with E-state index in [4.69, 9.17) is 52.7 Å². The largest absolute Gasteiger partial charge is 0.432 e. The zero-order valence-corrected chi connectivity index (χ0v) is 42.6. The summed E-state index contributed by atoms with van der Waals surface area (Å²) in [6.07, 6.45) is 14.8. The SMILES string of the molecule is C.C1C[C@@H]2CNCC1O2.Cl.O=Cc1cnc2oc3c(N4CCOCC4)nc(-c4cccc5[nH]ccc45)nc3c2c1.c1cc(-c2nc(N3CCOCC3)c3oc4ncc(CN5CC6CC[C@H](C5)O6)cc4c3n2)c2cc[nH]c2c1. The van der Waals surface area contributed by atoms with Gasteiger partial charge in [-0.25, -0.2) is 29.9 Å². The zero-order valence-electron chi connectivity index (χ0n) is 41.8. The van der Waals surface area contributed by atoms with Crippen LogP contribution in [0.4, 0.5) is 11.6 Å². The van der Waals surface area contributed by atoms with E-state index in [9.17, 15) is 4.79 Å². The highest BCUT2D eigenvalue weighted by Crippen LogP contribution is 2.39. The molecule has 2 unspecified atom stereocenters. The number of aromatic nitrogens is 8. The minimum Gasteiger partial charge on any atom is -0.432 e. The number of benzene rings is 2. The van der Waals surface area contributed by atoms with Crippen molar-refractivity contribution < 1.29 is 32.6 Å². The molecule has 4 bridgehead atoms. The number of aromatic amines is 2. The molecule has 14 heterocycles. The van der Waals surface area contributed by atoms with Gasteiger partial charge in [0.2, 0.25) is 11.4 Å². The number of likely N-dealkylation sites (tertiary alicyclic amines) is 1. The number of nitrogens with zero attached hydrogens (tertiary/aromatic N) is 9. The topological polar surface area (TPSA) is 211 Å². The lowest BCUT2D eigenvalue weighted by molar-refractivity contribution is -0.0410. The molecule has 6 aliphatic heterocycles. The third-order valence-corrected chi connectivity index (χ3v) is 15.3. The Bertz CT molecular complexity index is 3710. The quantitative estimate of drug-likeness (QED) is 0.127. The number of aldehydes is 1. The minimum atomic E-state index is 0. The van der Waals surface area contributed by atoms with Gasteiger partial charge in [-0.1, -0.05) is 31.7 Å². The number of pyridine rings is 2. The molecule has 77 heavy (non-hydrogen) atoms. The van der Waals surface area contributed by atoms with E-state index in [-0.39, 0.29) is 19.8 Å². The van der Waals surface area contributed by atoms with Crippen molar-refractivity contribution in [1.82, 2.24) is 50.1 Å². The number of rotatable bonds is 7. The van der Waals surface area contributed by atoms with E-state index >= 15 is 0 Å². The average Bonchev–Trinajstić information content (AvgIpc) is 4.37. The third kappa shape index (κ3) is 9.85. The van der Waals surface area contributed by atoms with Gasteiger partial charge >= 0.3 is 0 Å². The molecule has 16 rings (SSSR count). The summed E-state index contributed by atoms with van der Waals surface area (Å²) in [6.45, 7) is 10.5. The number of fused-ring (bicyclic) bond motifs is 12. The fourth-order valence-electron chi connectivity index (χ4n) is 11.6. The molecule has 0 amide bonds. The summed E-state index contributed by atoms with van der Waals surface area (Å²) in [5.41, 5.74) is 9.42. The Labute approximate surface area is 449 Å². The molecular formula is C57H61ClN12O7. The number of carbonyl (C=O) groups excluding carboxylic acids is 1. The number of hydrogen-bond acceptors (Lipinski definition) is 17. The summed E-state index contributed by atoms with van der Waals surface area (Å²) in [4.78, 5) is 53.7. The van der Waals surface area contributed by atoms with Crippen molar-refractivity contribution in [2.75, 3.05) is 88.6 Å². The number of nitrogens with one attached hydrogen (secondary N) is 3. The second kappa shape index (κ2) is 21.7. The van der Waals surface area contributed by atoms with Crippen molar-refractivity contribution in [3.8, 4) is 22.8 Å². The Balaban J connectivity index is 0.000000134. The van der Waals surface area contributed by atoms with E-state index < -0.39 is 0 Å². The van der Waals surface area contributed by atoms with Gasteiger partial charge in [0.1, 0.15) is 11.0 Å². The standard InChI is InChI=1S/C28H28N6O3.C22H17N5O3.C6H11NO.CH4.ClH/c1-2-21(20-6-7-29-23(20)3-1)26-31-24-22-12-17(14-33-15-18-4-5-19(16-33)36-18)13-30-28(22)37-25(24)27(32-26)34-8-10-35-11-9-34;28-12-13-10-16-18-19(30-22(16)24-11-13)21(27-6-8-29-9-7-27)26-20(25-18)15-2-1-3-17-14(15)4-5-23-17;1-2-6-4-7-3-5(1)8-6;;/h1-3,6-7,12-13,18-19,29H,4-5,8-11,14-16H2;1-5,10-12,23H,6-9H2;5-7H,1-4H2;1H4;1H/t18-,19?;;5-,6?;;/m1.1../s1. The van der Waals surface area contributed by atoms with Gasteiger partial charge < -0.3 is 52.9 Å². The van der Waals surface area contributed by atoms with Gasteiger partial charge in [-0.3, -0.25) is 9.69 Å². The Hall–Kier alpha value is -7.10. The molecule has 2 aromatic carbocycles. The van der Waals surface area contributed by atoms with Crippen LogP contribution in [0.1, 0.15) is 49.0 Å². The first-order valence-electron chi connectivity index (χ1n) is 26.2. The molecule has 0 saturated carbocycles. The molecule has 3 N–H and O–H groups in total. The number of ether oxygens (including phenoxy) is 4. The summed E-state index contributed by atoms with van der Waals surface area (Å²) >= 11 is 0. The van der Waals surface area contributed by atoms with Crippen LogP contribution in [0.2, 0.25) is 0 Å². The molecule has 6 saturated heterocycles. The molecular weight excluding hydrogens is 1000 g/mol. The molecule has 0 radical (unpaired) electrons. The summed E-state index contributed by atoms with van der Waals surface area (Å²) in [6, 6.07) is 20.3. The zero-order chi connectivity index (χ0) is 49.8. The van der Waals surface area contributed by atoms with Gasteiger partial charge in [-0.15, -0.1) is 12.4 Å². The van der Waals surface area contributed by atoms with Crippen molar-refractivity contribution in [3.05, 3.63) is 96.6 Å². The Morgan fingerprint density at radius 2 is 1.10 bits per heavy atom. The molecule has 20 heteroatoms. The van der Waals surface area contributed by atoms with Crippen LogP contribution < -0.4 is 15.1 Å². The number of anilines is 2. The second-order valence-corrected chi connectivity index (χ2v) is 20.2. The molecule has 0 aliphatic carbocycles. The van der Waals surface area contributed by atoms with Crippen molar-refractivity contribution >= 4 is 96.5 Å². The van der Waals surface area contributed by atoms with Crippen LogP contribution >= 0.6 is 12.4 Å². The average molecular weight is 1060 g/mol.